The van der Waals surface area contributed by atoms with Crippen LogP contribution >= 0.6 is 0 Å². The molecule has 1 heterocycles. The lowest BCUT2D eigenvalue weighted by Crippen LogP contribution is -1.92. The highest BCUT2D eigenvalue weighted by Crippen LogP contribution is 2.47. The molecular formula is C44H26O. The normalized spacial score (nSPS) is 17.3. The quantitative estimate of drug-likeness (QED) is 0.145. The van der Waals surface area contributed by atoms with Crippen molar-refractivity contribution < 1.29 is 27.7 Å². The summed E-state index contributed by atoms with van der Waals surface area (Å²) in [7, 11) is 0. The van der Waals surface area contributed by atoms with Crippen LogP contribution in [0.25, 0.3) is 98.1 Å². The number of rotatable bonds is 2. The van der Waals surface area contributed by atoms with Crippen LogP contribution in [0, 0.1) is 0 Å². The average molecular weight is 588 g/mol. The largest absolute Gasteiger partial charge is 0.455 e. The van der Waals surface area contributed by atoms with Crippen LogP contribution in [0.1, 0.15) is 23.3 Å². The van der Waals surface area contributed by atoms with Gasteiger partial charge in [-0.15, -0.1) is 0 Å². The first-order valence-electron chi connectivity index (χ1n) is 22.6. The summed E-state index contributed by atoms with van der Waals surface area (Å²) in [6, 6.07) is 4.22. The topological polar surface area (TPSA) is 13.1 Å². The highest BCUT2D eigenvalue weighted by molar-refractivity contribution is 6.26. The molecule has 0 atom stereocenters. The van der Waals surface area contributed by atoms with Crippen molar-refractivity contribution in [3.63, 3.8) is 0 Å². The van der Waals surface area contributed by atoms with E-state index in [4.69, 9.17) is 19.5 Å². The van der Waals surface area contributed by atoms with Crippen molar-refractivity contribution >= 4 is 75.8 Å². The minimum absolute atomic E-state index is 0.0183. The fourth-order valence-corrected chi connectivity index (χ4v) is 6.48. The molecule has 0 aliphatic carbocycles. The van der Waals surface area contributed by atoms with Crippen molar-refractivity contribution in [3.05, 3.63) is 157 Å². The van der Waals surface area contributed by atoms with Crippen LogP contribution in [0.4, 0.5) is 0 Å². The maximum atomic E-state index is 9.78. The summed E-state index contributed by atoms with van der Waals surface area (Å²) in [5.41, 5.74) is 0.413. The highest BCUT2D eigenvalue weighted by Gasteiger charge is 2.20. The lowest BCUT2D eigenvalue weighted by Gasteiger charge is -2.19. The maximum absolute atomic E-state index is 9.78. The average Bonchev–Trinajstić information content (AvgIpc) is 3.65. The first kappa shape index (κ1) is 13.4. The van der Waals surface area contributed by atoms with Crippen LogP contribution in [-0.2, 0) is 0 Å². The van der Waals surface area contributed by atoms with Gasteiger partial charge in [-0.25, -0.2) is 0 Å². The molecule has 0 saturated carbocycles. The van der Waals surface area contributed by atoms with E-state index < -0.39 is 135 Å². The van der Waals surface area contributed by atoms with E-state index in [0.29, 0.717) is 21.9 Å². The van der Waals surface area contributed by atoms with Crippen molar-refractivity contribution in [2.75, 3.05) is 0 Å². The van der Waals surface area contributed by atoms with Crippen LogP contribution in [0.3, 0.4) is 0 Å². The third-order valence-electron chi connectivity index (χ3n) is 8.40. The Morgan fingerprint density at radius 2 is 1.04 bits per heavy atom. The molecule has 10 aromatic rings. The summed E-state index contributed by atoms with van der Waals surface area (Å²) in [5, 5.41) is 0.154. The van der Waals surface area contributed by atoms with Gasteiger partial charge in [0.1, 0.15) is 11.2 Å². The van der Waals surface area contributed by atoms with E-state index in [1.165, 1.54) is 0 Å². The van der Waals surface area contributed by atoms with E-state index in [0.717, 1.165) is 10.8 Å². The van der Waals surface area contributed by atoms with E-state index in [1.807, 2.05) is 36.4 Å². The van der Waals surface area contributed by atoms with E-state index in [-0.39, 0.29) is 32.7 Å². The predicted octanol–water partition coefficient (Wildman–Crippen LogP) is 12.7. The SMILES string of the molecule is [2H]c1c([2H])c([2H])c2c(-c3c([2H])c4c([2H])c([2H])c([2H])c([2H])c4c4c([2H])c([2H])c([2H])c([2H])c34)c3c([2H])c([2H])c([2H])c([2H])c3c(-c3ccc4oc5c6ccccc6ccc5c4c3)c2c1[2H]. The van der Waals surface area contributed by atoms with Gasteiger partial charge in [0, 0.05) is 16.2 Å². The van der Waals surface area contributed by atoms with Gasteiger partial charge in [0.2, 0.25) is 0 Å². The molecule has 208 valence electrons. The first-order valence-corrected chi connectivity index (χ1v) is 14.1. The van der Waals surface area contributed by atoms with Crippen molar-refractivity contribution in [2.24, 2.45) is 0 Å². The molecule has 0 spiro atoms. The van der Waals surface area contributed by atoms with Crippen molar-refractivity contribution in [1.82, 2.24) is 0 Å². The Morgan fingerprint density at radius 1 is 0.422 bits per heavy atom. The van der Waals surface area contributed by atoms with Gasteiger partial charge in [0.15, 0.2) is 0 Å². The summed E-state index contributed by atoms with van der Waals surface area (Å²) in [5.74, 6) is 0. The molecule has 0 bridgehead atoms. The Balaban J connectivity index is 1.52. The molecule has 0 radical (unpaired) electrons. The number of hydrogen-bond acceptors (Lipinski definition) is 1. The third-order valence-corrected chi connectivity index (χ3v) is 8.40. The van der Waals surface area contributed by atoms with Crippen LogP contribution in [0.15, 0.2) is 162 Å². The molecule has 1 aromatic heterocycles. The van der Waals surface area contributed by atoms with Gasteiger partial charge in [-0.3, -0.25) is 0 Å². The van der Waals surface area contributed by atoms with E-state index in [9.17, 15) is 8.22 Å². The minimum Gasteiger partial charge on any atom is -0.455 e. The highest BCUT2D eigenvalue weighted by atomic mass is 16.3. The van der Waals surface area contributed by atoms with Gasteiger partial charge in [-0.05, 0) is 95.0 Å². The van der Waals surface area contributed by atoms with Crippen molar-refractivity contribution in [2.45, 2.75) is 0 Å². The van der Waals surface area contributed by atoms with Gasteiger partial charge in [0.05, 0.1) is 23.3 Å². The van der Waals surface area contributed by atoms with Crippen LogP contribution < -0.4 is 0 Å². The summed E-state index contributed by atoms with van der Waals surface area (Å²) < 4.78 is 160. The van der Waals surface area contributed by atoms with Crippen molar-refractivity contribution in [3.8, 4) is 22.3 Å². The smallest absolute Gasteiger partial charge is 0.143 e. The predicted molar refractivity (Wildman–Crippen MR) is 192 cm³/mol. The van der Waals surface area contributed by atoms with E-state index in [2.05, 4.69) is 0 Å². The number of furan rings is 1. The Kier molecular flexibility index (Phi) is 2.76. The number of benzene rings is 9. The lowest BCUT2D eigenvalue weighted by atomic mass is 9.83. The Labute approximate surface area is 283 Å². The molecule has 0 saturated heterocycles. The zero-order valence-corrected chi connectivity index (χ0v) is 23.1. The summed E-state index contributed by atoms with van der Waals surface area (Å²) in [6.45, 7) is 0. The van der Waals surface area contributed by atoms with Gasteiger partial charge in [-0.1, -0.05) is 133 Å². The molecule has 0 unspecified atom stereocenters. The van der Waals surface area contributed by atoms with Crippen molar-refractivity contribution in [1.29, 1.82) is 0 Å². The molecule has 0 fully saturated rings. The maximum Gasteiger partial charge on any atom is 0.143 e. The molecule has 1 nitrogen and oxygen atoms in total. The van der Waals surface area contributed by atoms with Crippen LogP contribution in [-0.4, -0.2) is 0 Å². The Hall–Kier alpha value is -5.92. The first-order chi connectivity index (χ1) is 29.4. The number of fused-ring (bicyclic) bond motifs is 10. The molecule has 1 heteroatoms. The fraction of sp³-hybridized carbons (Fsp3) is 0. The molecule has 0 N–H and O–H groups in total. The van der Waals surface area contributed by atoms with Gasteiger partial charge in [0.25, 0.3) is 0 Å². The van der Waals surface area contributed by atoms with E-state index >= 15 is 0 Å². The van der Waals surface area contributed by atoms with Gasteiger partial charge < -0.3 is 4.42 Å². The van der Waals surface area contributed by atoms with E-state index in [1.54, 1.807) is 18.2 Å². The molecule has 45 heavy (non-hydrogen) atoms. The van der Waals surface area contributed by atoms with Crippen LogP contribution in [0.2, 0.25) is 0 Å². The molecule has 0 aliphatic rings. The summed E-state index contributed by atoms with van der Waals surface area (Å²) in [4.78, 5) is 0. The summed E-state index contributed by atoms with van der Waals surface area (Å²) >= 11 is 0. The second-order valence-corrected chi connectivity index (χ2v) is 10.7. The Morgan fingerprint density at radius 3 is 1.80 bits per heavy atom. The standard InChI is InChI=1S/C44H26O/c1-4-14-31-27(11-1)21-23-38-39-26-29(22-24-41(39)45-44(31)38)42-34-17-7-9-19-36(34)43(37-20-10-8-18-35(37)42)40-25-28-12-2-3-13-30(28)32-15-5-6-16-33(32)40/h1-26H/i2D,3D,5D,6D,7D,8D,9D,10D,12D,13D,15D,16D,17D,18D,19D,20D,25D. The zero-order valence-electron chi connectivity index (χ0n) is 40.1. The molecule has 10 rings (SSSR count). The lowest BCUT2D eigenvalue weighted by molar-refractivity contribution is 0.672. The second kappa shape index (κ2) is 9.29. The molecular weight excluding hydrogens is 544 g/mol. The zero-order chi connectivity index (χ0) is 44.3. The number of hydrogen-bond donors (Lipinski definition) is 0. The fourth-order valence-electron chi connectivity index (χ4n) is 6.48. The van der Waals surface area contributed by atoms with Crippen LogP contribution in [0.5, 0.6) is 0 Å². The monoisotopic (exact) mass is 587 g/mol. The van der Waals surface area contributed by atoms with Gasteiger partial charge >= 0.3 is 0 Å². The molecule has 0 amide bonds. The third kappa shape index (κ3) is 3.50. The summed E-state index contributed by atoms with van der Waals surface area (Å²) in [6.07, 6.45) is 0. The minimum atomic E-state index is -0.786. The Bertz CT molecular complexity index is 3700. The van der Waals surface area contributed by atoms with Gasteiger partial charge in [-0.2, -0.15) is 0 Å². The molecule has 9 aromatic carbocycles. The second-order valence-electron chi connectivity index (χ2n) is 10.7. The molecule has 0 aliphatic heterocycles.